The first-order valence-corrected chi connectivity index (χ1v) is 7.81. The number of halogens is 3. The molecule has 2 rings (SSSR count). The quantitative estimate of drug-likeness (QED) is 0.623. The van der Waals surface area contributed by atoms with Crippen molar-refractivity contribution in [2.75, 3.05) is 25.0 Å². The van der Waals surface area contributed by atoms with Gasteiger partial charge in [0.05, 0.1) is 5.56 Å². The van der Waals surface area contributed by atoms with Gasteiger partial charge in [0.15, 0.2) is 0 Å². The highest BCUT2D eigenvalue weighted by Gasteiger charge is 2.30. The summed E-state index contributed by atoms with van der Waals surface area (Å²) in [6.45, 7) is 1.38. The predicted molar refractivity (Wildman–Crippen MR) is 83.5 cm³/mol. The van der Waals surface area contributed by atoms with Gasteiger partial charge in [0.2, 0.25) is 5.91 Å². The second-order valence-electron chi connectivity index (χ2n) is 5.63. The monoisotopic (exact) mass is 357 g/mol. The fourth-order valence-corrected chi connectivity index (χ4v) is 2.45. The molecule has 25 heavy (non-hydrogen) atoms. The van der Waals surface area contributed by atoms with Crippen LogP contribution in [0, 0.1) is 0 Å². The van der Waals surface area contributed by atoms with Crippen LogP contribution in [0.4, 0.5) is 18.9 Å². The summed E-state index contributed by atoms with van der Waals surface area (Å²) in [5.74, 6) is -1.91. The first-order valence-electron chi connectivity index (χ1n) is 7.81. The van der Waals surface area contributed by atoms with E-state index in [0.717, 1.165) is 24.6 Å². The predicted octanol–water partition coefficient (Wildman–Crippen LogP) is 1.77. The van der Waals surface area contributed by atoms with E-state index >= 15 is 0 Å². The number of benzene rings is 1. The van der Waals surface area contributed by atoms with E-state index < -0.39 is 23.6 Å². The smallest absolute Gasteiger partial charge is 0.348 e. The Morgan fingerprint density at radius 1 is 1.20 bits per heavy atom. The minimum atomic E-state index is -4.53. The molecule has 1 aliphatic rings. The van der Waals surface area contributed by atoms with Crippen LogP contribution in [0.1, 0.15) is 24.8 Å². The molecule has 0 unspecified atom stereocenters. The van der Waals surface area contributed by atoms with Crippen LogP contribution in [-0.2, 0) is 20.6 Å². The van der Waals surface area contributed by atoms with E-state index in [2.05, 4.69) is 10.6 Å². The maximum absolute atomic E-state index is 12.6. The first kappa shape index (κ1) is 18.8. The van der Waals surface area contributed by atoms with E-state index in [1.807, 2.05) is 0 Å². The Morgan fingerprint density at radius 2 is 1.96 bits per heavy atom. The van der Waals surface area contributed by atoms with Gasteiger partial charge in [0.25, 0.3) is 0 Å². The molecule has 0 atom stereocenters. The summed E-state index contributed by atoms with van der Waals surface area (Å²) >= 11 is 0. The molecule has 1 aromatic rings. The number of anilines is 1. The summed E-state index contributed by atoms with van der Waals surface area (Å²) in [6, 6.07) is 4.03. The molecule has 136 valence electrons. The van der Waals surface area contributed by atoms with Crippen molar-refractivity contribution in [3.05, 3.63) is 29.8 Å². The van der Waals surface area contributed by atoms with Gasteiger partial charge in [0, 0.05) is 31.7 Å². The minimum Gasteiger partial charge on any atom is -0.348 e. The number of likely N-dealkylation sites (tertiary alicyclic amines) is 1. The van der Waals surface area contributed by atoms with Crippen LogP contribution >= 0.6 is 0 Å². The third-order valence-corrected chi connectivity index (χ3v) is 3.72. The van der Waals surface area contributed by atoms with Crippen LogP contribution in [0.2, 0.25) is 0 Å². The van der Waals surface area contributed by atoms with Crippen molar-refractivity contribution < 1.29 is 27.6 Å². The zero-order valence-electron chi connectivity index (χ0n) is 13.4. The summed E-state index contributed by atoms with van der Waals surface area (Å²) in [4.78, 5) is 36.5. The number of carbonyl (C=O) groups is 3. The van der Waals surface area contributed by atoms with Crippen LogP contribution in [0.3, 0.4) is 0 Å². The highest BCUT2D eigenvalue weighted by molar-refractivity contribution is 6.39. The second kappa shape index (κ2) is 8.00. The standard InChI is InChI=1S/C16H18F3N3O3/c17-16(18,19)11-4-1-5-12(10-11)21-15(25)14(24)20-7-3-9-22-8-2-6-13(22)23/h1,4-5,10H,2-3,6-9H2,(H,20,24)(H,21,25). The average Bonchev–Trinajstić information content (AvgIpc) is 2.96. The van der Waals surface area contributed by atoms with Crippen molar-refractivity contribution in [1.82, 2.24) is 10.2 Å². The maximum atomic E-state index is 12.6. The highest BCUT2D eigenvalue weighted by Crippen LogP contribution is 2.30. The van der Waals surface area contributed by atoms with Gasteiger partial charge >= 0.3 is 18.0 Å². The Balaban J connectivity index is 1.76. The molecule has 0 saturated carbocycles. The zero-order valence-corrected chi connectivity index (χ0v) is 13.4. The first-order chi connectivity index (χ1) is 11.8. The molecule has 6 nitrogen and oxygen atoms in total. The molecule has 2 N–H and O–H groups in total. The largest absolute Gasteiger partial charge is 0.416 e. The average molecular weight is 357 g/mol. The van der Waals surface area contributed by atoms with E-state index in [9.17, 15) is 27.6 Å². The molecular weight excluding hydrogens is 339 g/mol. The Labute approximate surface area is 142 Å². The topological polar surface area (TPSA) is 78.5 Å². The highest BCUT2D eigenvalue weighted by atomic mass is 19.4. The summed E-state index contributed by atoms with van der Waals surface area (Å²) in [5, 5.41) is 4.50. The molecular formula is C16H18F3N3O3. The van der Waals surface area contributed by atoms with E-state index in [1.165, 1.54) is 6.07 Å². The fourth-order valence-electron chi connectivity index (χ4n) is 2.45. The number of rotatable bonds is 5. The van der Waals surface area contributed by atoms with Gasteiger partial charge in [-0.2, -0.15) is 13.2 Å². The number of hydrogen-bond acceptors (Lipinski definition) is 3. The third-order valence-electron chi connectivity index (χ3n) is 3.72. The summed E-state index contributed by atoms with van der Waals surface area (Å²) in [5.41, 5.74) is -1.03. The number of alkyl halides is 3. The number of amides is 3. The third kappa shape index (κ3) is 5.47. The van der Waals surface area contributed by atoms with Crippen LogP contribution < -0.4 is 10.6 Å². The van der Waals surface area contributed by atoms with Gasteiger partial charge in [-0.3, -0.25) is 14.4 Å². The molecule has 1 heterocycles. The number of nitrogens with one attached hydrogen (secondary N) is 2. The lowest BCUT2D eigenvalue weighted by Crippen LogP contribution is -2.37. The van der Waals surface area contributed by atoms with Crippen molar-refractivity contribution >= 4 is 23.4 Å². The van der Waals surface area contributed by atoms with Crippen LogP contribution in [0.5, 0.6) is 0 Å². The van der Waals surface area contributed by atoms with Crippen molar-refractivity contribution in [2.45, 2.75) is 25.4 Å². The summed E-state index contributed by atoms with van der Waals surface area (Å²) < 4.78 is 37.8. The zero-order chi connectivity index (χ0) is 18.4. The van der Waals surface area contributed by atoms with Gasteiger partial charge in [-0.25, -0.2) is 0 Å². The molecule has 1 aromatic carbocycles. The molecule has 1 fully saturated rings. The summed E-state index contributed by atoms with van der Waals surface area (Å²) in [7, 11) is 0. The lowest BCUT2D eigenvalue weighted by Gasteiger charge is -2.15. The Hall–Kier alpha value is -2.58. The van der Waals surface area contributed by atoms with Crippen molar-refractivity contribution in [3.8, 4) is 0 Å². The van der Waals surface area contributed by atoms with Crippen molar-refractivity contribution in [2.24, 2.45) is 0 Å². The molecule has 0 spiro atoms. The molecule has 1 aliphatic heterocycles. The normalized spacial score (nSPS) is 14.5. The fraction of sp³-hybridized carbons (Fsp3) is 0.438. The molecule has 1 saturated heterocycles. The van der Waals surface area contributed by atoms with E-state index in [-0.39, 0.29) is 18.1 Å². The van der Waals surface area contributed by atoms with E-state index in [1.54, 1.807) is 4.90 Å². The minimum absolute atomic E-state index is 0.0774. The van der Waals surface area contributed by atoms with Gasteiger partial charge in [-0.1, -0.05) is 6.07 Å². The number of carbonyl (C=O) groups excluding carboxylic acids is 3. The lowest BCUT2D eigenvalue weighted by atomic mass is 10.2. The van der Waals surface area contributed by atoms with E-state index in [4.69, 9.17) is 0 Å². The molecule has 0 aliphatic carbocycles. The molecule has 0 bridgehead atoms. The summed E-state index contributed by atoms with van der Waals surface area (Å²) in [6.07, 6.45) is -2.68. The maximum Gasteiger partial charge on any atom is 0.416 e. The van der Waals surface area contributed by atoms with Gasteiger partial charge in [0.1, 0.15) is 0 Å². The number of nitrogens with zero attached hydrogens (tertiary/aromatic N) is 1. The second-order valence-corrected chi connectivity index (χ2v) is 5.63. The molecule has 9 heteroatoms. The van der Waals surface area contributed by atoms with Crippen molar-refractivity contribution in [1.29, 1.82) is 0 Å². The Bertz CT molecular complexity index is 662. The Kier molecular flexibility index (Phi) is 6.00. The van der Waals surface area contributed by atoms with E-state index in [0.29, 0.717) is 25.9 Å². The molecule has 3 amide bonds. The molecule has 0 radical (unpaired) electrons. The Morgan fingerprint density at radius 3 is 2.60 bits per heavy atom. The SMILES string of the molecule is O=C(NCCCN1CCCC1=O)C(=O)Nc1cccc(C(F)(F)F)c1. The number of hydrogen-bond donors (Lipinski definition) is 2. The van der Waals surface area contributed by atoms with Crippen LogP contribution in [0.25, 0.3) is 0 Å². The van der Waals surface area contributed by atoms with Crippen molar-refractivity contribution in [3.63, 3.8) is 0 Å². The van der Waals surface area contributed by atoms with Gasteiger partial charge < -0.3 is 15.5 Å². The molecule has 0 aromatic heterocycles. The van der Waals surface area contributed by atoms with Gasteiger partial charge in [-0.15, -0.1) is 0 Å². The van der Waals surface area contributed by atoms with Gasteiger partial charge in [-0.05, 0) is 31.0 Å². The van der Waals surface area contributed by atoms with Crippen LogP contribution in [-0.4, -0.2) is 42.3 Å². The van der Waals surface area contributed by atoms with Crippen LogP contribution in [0.15, 0.2) is 24.3 Å². The lowest BCUT2D eigenvalue weighted by molar-refractivity contribution is -0.137.